The maximum atomic E-state index is 12.3. The third kappa shape index (κ3) is 6.26. The molecule has 0 spiro atoms. The van der Waals surface area contributed by atoms with Gasteiger partial charge in [-0.1, -0.05) is 6.07 Å². The van der Waals surface area contributed by atoms with E-state index in [1.165, 1.54) is 24.3 Å². The van der Waals surface area contributed by atoms with Gasteiger partial charge in [-0.15, -0.1) is 13.2 Å². The summed E-state index contributed by atoms with van der Waals surface area (Å²) < 4.78 is 52.7. The van der Waals surface area contributed by atoms with Crippen molar-refractivity contribution >= 4 is 11.7 Å². The fraction of sp³-hybridized carbons (Fsp3) is 0.360. The van der Waals surface area contributed by atoms with E-state index in [4.69, 9.17) is 14.3 Å². The summed E-state index contributed by atoms with van der Waals surface area (Å²) in [5, 5.41) is 9.01. The van der Waals surface area contributed by atoms with Crippen LogP contribution < -0.4 is 14.4 Å². The lowest BCUT2D eigenvalue weighted by atomic mass is 10.0. The Bertz CT molecular complexity index is 1170. The highest BCUT2D eigenvalue weighted by atomic mass is 19.4. The van der Waals surface area contributed by atoms with Crippen LogP contribution in [0.2, 0.25) is 0 Å². The molecule has 7 nitrogen and oxygen atoms in total. The summed E-state index contributed by atoms with van der Waals surface area (Å²) >= 11 is 0. The maximum absolute atomic E-state index is 12.3. The number of aromatic nitrogens is 1. The number of carbonyl (C=O) groups is 1. The molecule has 0 unspecified atom stereocenters. The number of hydrogen-bond donors (Lipinski definition) is 1. The van der Waals surface area contributed by atoms with Gasteiger partial charge in [0.2, 0.25) is 5.89 Å². The predicted molar refractivity (Wildman–Crippen MR) is 122 cm³/mol. The molecule has 0 saturated carbocycles. The molecule has 0 amide bonds. The van der Waals surface area contributed by atoms with Crippen LogP contribution in [0.15, 0.2) is 46.9 Å². The minimum Gasteiger partial charge on any atom is -0.493 e. The second-order valence-electron chi connectivity index (χ2n) is 8.18. The van der Waals surface area contributed by atoms with E-state index in [2.05, 4.69) is 14.6 Å². The Morgan fingerprint density at radius 2 is 1.97 bits per heavy atom. The zero-order chi connectivity index (χ0) is 25.0. The molecule has 186 valence electrons. The molecule has 3 aromatic rings. The molecule has 1 aliphatic rings. The largest absolute Gasteiger partial charge is 0.573 e. The first kappa shape index (κ1) is 24.4. The Hall–Kier alpha value is -3.69. The van der Waals surface area contributed by atoms with Crippen molar-refractivity contribution in [3.05, 3.63) is 59.5 Å². The number of halogens is 3. The van der Waals surface area contributed by atoms with Crippen molar-refractivity contribution in [2.75, 3.05) is 24.6 Å². The summed E-state index contributed by atoms with van der Waals surface area (Å²) in [7, 11) is 0. The van der Waals surface area contributed by atoms with Gasteiger partial charge >= 0.3 is 12.3 Å². The second-order valence-corrected chi connectivity index (χ2v) is 8.18. The smallest absolute Gasteiger partial charge is 0.493 e. The first-order valence-corrected chi connectivity index (χ1v) is 11.2. The molecule has 2 aromatic carbocycles. The molecule has 0 fully saturated rings. The van der Waals surface area contributed by atoms with Crippen LogP contribution >= 0.6 is 0 Å². The van der Waals surface area contributed by atoms with Crippen molar-refractivity contribution in [3.8, 4) is 23.0 Å². The Morgan fingerprint density at radius 3 is 2.69 bits per heavy atom. The Kier molecular flexibility index (Phi) is 7.18. The number of hydrogen-bond acceptors (Lipinski definition) is 6. The topological polar surface area (TPSA) is 85.0 Å². The summed E-state index contributed by atoms with van der Waals surface area (Å²) in [4.78, 5) is 17.5. The number of nitrogens with zero attached hydrogens (tertiary/aromatic N) is 2. The lowest BCUT2D eigenvalue weighted by molar-refractivity contribution is -0.274. The summed E-state index contributed by atoms with van der Waals surface area (Å²) in [6.45, 7) is 3.40. The van der Waals surface area contributed by atoms with Crippen LogP contribution in [0.5, 0.6) is 11.5 Å². The molecule has 1 aromatic heterocycles. The molecule has 0 saturated heterocycles. The van der Waals surface area contributed by atoms with Gasteiger partial charge in [0.1, 0.15) is 17.3 Å². The second kappa shape index (κ2) is 10.3. The lowest BCUT2D eigenvalue weighted by Crippen LogP contribution is -2.31. The zero-order valence-corrected chi connectivity index (χ0v) is 19.1. The van der Waals surface area contributed by atoms with Crippen LogP contribution in [-0.4, -0.2) is 42.1 Å². The summed E-state index contributed by atoms with van der Waals surface area (Å²) in [5.74, 6) is 0.545. The SMILES string of the molecule is Cc1oc(-c2ccc(OC(F)(F)F)cc2)nc1CCOc1cccc2c1CCCN2CCC(=O)O. The van der Waals surface area contributed by atoms with Crippen LogP contribution in [0.1, 0.15) is 29.9 Å². The number of alkyl halides is 3. The van der Waals surface area contributed by atoms with E-state index in [9.17, 15) is 18.0 Å². The van der Waals surface area contributed by atoms with Gasteiger partial charge in [0.15, 0.2) is 0 Å². The van der Waals surface area contributed by atoms with Gasteiger partial charge in [-0.05, 0) is 56.2 Å². The number of rotatable bonds is 9. The quantitative estimate of drug-likeness (QED) is 0.430. The van der Waals surface area contributed by atoms with Gasteiger partial charge in [0.25, 0.3) is 0 Å². The zero-order valence-electron chi connectivity index (χ0n) is 19.1. The first-order chi connectivity index (χ1) is 16.7. The van der Waals surface area contributed by atoms with E-state index < -0.39 is 12.3 Å². The number of benzene rings is 2. The van der Waals surface area contributed by atoms with Crippen molar-refractivity contribution in [3.63, 3.8) is 0 Å². The van der Waals surface area contributed by atoms with Gasteiger partial charge in [0, 0.05) is 36.3 Å². The number of anilines is 1. The number of fused-ring (bicyclic) bond motifs is 1. The standard InChI is InChI=1S/C25H25F3N2O5/c1-16-20(29-24(34-16)17-7-9-18(10-8-17)35-25(26,27)28)12-15-33-22-6-2-5-21-19(22)4-3-13-30(21)14-11-23(31)32/h2,5-10H,3-4,11-15H2,1H3,(H,31,32). The van der Waals surface area contributed by atoms with Crippen LogP contribution in [0.4, 0.5) is 18.9 Å². The van der Waals surface area contributed by atoms with Crippen molar-refractivity contribution in [1.29, 1.82) is 0 Å². The van der Waals surface area contributed by atoms with Crippen molar-refractivity contribution < 1.29 is 37.0 Å². The van der Waals surface area contributed by atoms with E-state index in [-0.39, 0.29) is 12.2 Å². The molecule has 10 heteroatoms. The summed E-state index contributed by atoms with van der Waals surface area (Å²) in [6.07, 6.45) is -2.40. The average Bonchev–Trinajstić information content (AvgIpc) is 3.17. The normalized spacial score (nSPS) is 13.4. The van der Waals surface area contributed by atoms with E-state index in [0.717, 1.165) is 36.4 Å². The molecular formula is C25H25F3N2O5. The van der Waals surface area contributed by atoms with E-state index in [1.54, 1.807) is 6.92 Å². The number of ether oxygens (including phenoxy) is 2. The molecule has 0 bridgehead atoms. The Morgan fingerprint density at radius 1 is 1.20 bits per heavy atom. The molecule has 0 aliphatic carbocycles. The van der Waals surface area contributed by atoms with Gasteiger partial charge in [0.05, 0.1) is 18.7 Å². The first-order valence-electron chi connectivity index (χ1n) is 11.2. The fourth-order valence-corrected chi connectivity index (χ4v) is 4.11. The van der Waals surface area contributed by atoms with E-state index >= 15 is 0 Å². The highest BCUT2D eigenvalue weighted by Gasteiger charge is 2.31. The van der Waals surface area contributed by atoms with E-state index in [1.807, 2.05) is 18.2 Å². The molecule has 2 heterocycles. The van der Waals surface area contributed by atoms with Crippen LogP contribution in [0.3, 0.4) is 0 Å². The Balaban J connectivity index is 1.39. The highest BCUT2D eigenvalue weighted by molar-refractivity contribution is 5.68. The van der Waals surface area contributed by atoms with Crippen LogP contribution in [0.25, 0.3) is 11.5 Å². The van der Waals surface area contributed by atoms with E-state index in [0.29, 0.717) is 42.5 Å². The van der Waals surface area contributed by atoms with Crippen molar-refractivity contribution in [2.45, 2.75) is 39.0 Å². The molecular weight excluding hydrogens is 465 g/mol. The molecule has 1 N–H and O–H groups in total. The minimum atomic E-state index is -4.75. The number of carboxylic acids is 1. The number of aryl methyl sites for hydroxylation is 1. The molecule has 35 heavy (non-hydrogen) atoms. The number of aliphatic carboxylic acids is 1. The third-order valence-electron chi connectivity index (χ3n) is 5.72. The fourth-order valence-electron chi connectivity index (χ4n) is 4.11. The third-order valence-corrected chi connectivity index (χ3v) is 5.72. The molecule has 1 aliphatic heterocycles. The van der Waals surface area contributed by atoms with Gasteiger partial charge in [-0.25, -0.2) is 4.98 Å². The van der Waals surface area contributed by atoms with Gasteiger partial charge in [-0.2, -0.15) is 0 Å². The minimum absolute atomic E-state index is 0.0797. The average molecular weight is 490 g/mol. The predicted octanol–water partition coefficient (Wildman–Crippen LogP) is 5.40. The monoisotopic (exact) mass is 490 g/mol. The summed E-state index contributed by atoms with van der Waals surface area (Å²) in [6, 6.07) is 11.1. The van der Waals surface area contributed by atoms with Crippen molar-refractivity contribution in [2.24, 2.45) is 0 Å². The Labute approximate surface area is 200 Å². The lowest BCUT2D eigenvalue weighted by Gasteiger charge is -2.32. The number of oxazole rings is 1. The molecule has 0 radical (unpaired) electrons. The maximum Gasteiger partial charge on any atom is 0.573 e. The van der Waals surface area contributed by atoms with Gasteiger partial charge in [-0.3, -0.25) is 4.79 Å². The molecule has 4 rings (SSSR count). The highest BCUT2D eigenvalue weighted by Crippen LogP contribution is 2.34. The van der Waals surface area contributed by atoms with Crippen LogP contribution in [-0.2, 0) is 17.6 Å². The number of carboxylic acid groups (broad SMARTS) is 1. The van der Waals surface area contributed by atoms with Crippen molar-refractivity contribution in [1.82, 2.24) is 4.98 Å². The van der Waals surface area contributed by atoms with Gasteiger partial charge < -0.3 is 23.9 Å². The van der Waals surface area contributed by atoms with Crippen LogP contribution in [0, 0.1) is 6.92 Å². The molecule has 0 atom stereocenters. The summed E-state index contributed by atoms with van der Waals surface area (Å²) in [5.41, 5.74) is 3.31.